The van der Waals surface area contributed by atoms with E-state index in [9.17, 15) is 0 Å². The van der Waals surface area contributed by atoms with Crippen molar-refractivity contribution in [3.8, 4) is 5.88 Å². The number of hydrogen-bond donors (Lipinski definition) is 4. The lowest BCUT2D eigenvalue weighted by Crippen LogP contribution is -3.15. The highest BCUT2D eigenvalue weighted by Crippen LogP contribution is 1.97. The number of aryl methyl sites for hydroxylation is 1. The minimum Gasteiger partial charge on any atom is -1.00 e. The standard InChI is InChI=1S/C14H22N8O2.ClH/c1-10(15-17-11-6-8-13(23-4)19-21(11)2)16-18-12-7-9-14(24-5)20-22(12)3;/h6-9,17,19H,1-5H3,(H,15,16);1H/b18-12-;. The van der Waals surface area contributed by atoms with Crippen LogP contribution in [0.25, 0.3) is 0 Å². The third-order valence-corrected chi connectivity index (χ3v) is 3.18. The average molecular weight is 371 g/mol. The molecule has 0 bridgehead atoms. The number of methoxy groups -OCH3 is 2. The molecule has 11 heteroatoms. The Hall–Kier alpha value is -2.72. The topological polar surface area (TPSA) is 102 Å². The fraction of sp³-hybridized carbons (Fsp3) is 0.357. The molecular formula is C14H23ClN8O2. The zero-order valence-corrected chi connectivity index (χ0v) is 15.5. The van der Waals surface area contributed by atoms with Crippen molar-refractivity contribution in [1.29, 1.82) is 0 Å². The number of hydrogen-bond acceptors (Lipinski definition) is 7. The van der Waals surface area contributed by atoms with Gasteiger partial charge in [-0.1, -0.05) is 0 Å². The minimum absolute atomic E-state index is 0. The van der Waals surface area contributed by atoms with Crippen molar-refractivity contribution in [3.05, 3.63) is 41.5 Å². The van der Waals surface area contributed by atoms with Gasteiger partial charge in [-0.25, -0.2) is 10.1 Å². The second-order valence-electron chi connectivity index (χ2n) is 4.96. The zero-order valence-electron chi connectivity index (χ0n) is 14.8. The molecule has 1 unspecified atom stereocenters. The predicted octanol–water partition coefficient (Wildman–Crippen LogP) is -4.88. The van der Waals surface area contributed by atoms with Crippen LogP contribution in [0.5, 0.6) is 5.88 Å². The molecule has 1 aromatic heterocycles. The summed E-state index contributed by atoms with van der Waals surface area (Å²) >= 11 is 0. The van der Waals surface area contributed by atoms with Gasteiger partial charge in [0.05, 0.1) is 21.3 Å². The van der Waals surface area contributed by atoms with Gasteiger partial charge in [0.2, 0.25) is 17.6 Å². The minimum atomic E-state index is 0. The van der Waals surface area contributed by atoms with Crippen molar-refractivity contribution >= 4 is 5.84 Å². The second kappa shape index (κ2) is 9.55. The number of ether oxygens (including phenoxy) is 2. The molecule has 0 spiro atoms. The maximum Gasteiger partial charge on any atom is 0.244 e. The molecule has 10 nitrogen and oxygen atoms in total. The third kappa shape index (κ3) is 5.69. The van der Waals surface area contributed by atoms with Gasteiger partial charge >= 0.3 is 0 Å². The monoisotopic (exact) mass is 370 g/mol. The van der Waals surface area contributed by atoms with Crippen LogP contribution < -0.4 is 43.9 Å². The van der Waals surface area contributed by atoms with E-state index < -0.39 is 0 Å². The van der Waals surface area contributed by atoms with E-state index >= 15 is 0 Å². The quantitative estimate of drug-likeness (QED) is 0.235. The maximum atomic E-state index is 5.13. The number of nitrogens with one attached hydrogen (secondary N) is 4. The molecule has 1 aromatic rings. The number of rotatable bonds is 5. The van der Waals surface area contributed by atoms with Crippen molar-refractivity contribution in [2.24, 2.45) is 17.3 Å². The van der Waals surface area contributed by atoms with Gasteiger partial charge in [0, 0.05) is 25.3 Å². The Bertz CT molecular complexity index is 741. The maximum absolute atomic E-state index is 5.13. The normalized spacial score (nSPS) is 17.6. The molecule has 2 rings (SSSR count). The highest BCUT2D eigenvalue weighted by molar-refractivity contribution is 5.78. The lowest BCUT2D eigenvalue weighted by molar-refractivity contribution is -0.889. The summed E-state index contributed by atoms with van der Waals surface area (Å²) in [6.07, 6.45) is 3.70. The number of halogens is 1. The molecule has 0 saturated carbocycles. The highest BCUT2D eigenvalue weighted by Gasteiger charge is 2.15. The highest BCUT2D eigenvalue weighted by atomic mass is 35.5. The van der Waals surface area contributed by atoms with Crippen LogP contribution in [0.15, 0.2) is 46.2 Å². The van der Waals surface area contributed by atoms with E-state index in [1.165, 1.54) is 0 Å². The molecule has 1 aliphatic rings. The van der Waals surface area contributed by atoms with E-state index in [0.717, 1.165) is 10.8 Å². The fourth-order valence-corrected chi connectivity index (χ4v) is 1.83. The van der Waals surface area contributed by atoms with Crippen molar-refractivity contribution < 1.29 is 26.9 Å². The summed E-state index contributed by atoms with van der Waals surface area (Å²) in [5.74, 6) is 2.65. The van der Waals surface area contributed by atoms with Crippen LogP contribution in [-0.4, -0.2) is 36.9 Å². The van der Waals surface area contributed by atoms with Crippen LogP contribution in [-0.2, 0) is 11.8 Å². The molecular weight excluding hydrogens is 348 g/mol. The van der Waals surface area contributed by atoms with Gasteiger partial charge in [-0.05, 0) is 13.0 Å². The summed E-state index contributed by atoms with van der Waals surface area (Å²) in [5, 5.41) is 13.6. The summed E-state index contributed by atoms with van der Waals surface area (Å²) in [6, 6.07) is 3.53. The fourth-order valence-electron chi connectivity index (χ4n) is 1.83. The summed E-state index contributed by atoms with van der Waals surface area (Å²) < 4.78 is 11.8. The molecule has 1 aliphatic heterocycles. The lowest BCUT2D eigenvalue weighted by Gasteiger charge is -2.21. The molecule has 138 valence electrons. The van der Waals surface area contributed by atoms with Crippen molar-refractivity contribution in [2.75, 3.05) is 21.3 Å². The Morgan fingerprint density at radius 3 is 2.64 bits per heavy atom. The van der Waals surface area contributed by atoms with Crippen molar-refractivity contribution in [3.63, 3.8) is 0 Å². The average Bonchev–Trinajstić information content (AvgIpc) is 2.59. The summed E-state index contributed by atoms with van der Waals surface area (Å²) in [6.45, 7) is 1.80. The van der Waals surface area contributed by atoms with E-state index in [1.54, 1.807) is 45.0 Å². The van der Waals surface area contributed by atoms with Gasteiger partial charge in [0.1, 0.15) is 5.84 Å². The lowest BCUT2D eigenvalue weighted by atomic mass is 10.4. The molecule has 0 radical (unpaired) electrons. The zero-order chi connectivity index (χ0) is 17.5. The van der Waals surface area contributed by atoms with E-state index in [4.69, 9.17) is 9.47 Å². The number of quaternary nitrogens is 1. The van der Waals surface area contributed by atoms with Crippen LogP contribution in [0, 0.1) is 0 Å². The molecule has 0 aromatic carbocycles. The number of amidine groups is 1. The molecule has 4 N–H and O–H groups in total. The van der Waals surface area contributed by atoms with Gasteiger partial charge < -0.3 is 21.9 Å². The van der Waals surface area contributed by atoms with Crippen LogP contribution in [0.3, 0.4) is 0 Å². The number of aromatic nitrogens is 2. The number of hydrazone groups is 1. The first-order valence-corrected chi connectivity index (χ1v) is 7.28. The van der Waals surface area contributed by atoms with Crippen LogP contribution in [0.1, 0.15) is 6.92 Å². The number of allylic oxidation sites excluding steroid dienone is 2. The van der Waals surface area contributed by atoms with Crippen molar-refractivity contribution in [1.82, 2.24) is 26.1 Å². The molecule has 0 saturated heterocycles. The SMILES string of the molecule is COC1=CC=C(NN=C(C)N/N=c2/ccc(OC)nn2C)[NH+](C)N1.[Cl-]. The molecule has 25 heavy (non-hydrogen) atoms. The molecule has 0 fully saturated rings. The Kier molecular flexibility index (Phi) is 7.76. The third-order valence-electron chi connectivity index (χ3n) is 3.18. The Labute approximate surface area is 152 Å². The van der Waals surface area contributed by atoms with Crippen LogP contribution in [0.4, 0.5) is 0 Å². The van der Waals surface area contributed by atoms with Gasteiger partial charge in [-0.2, -0.15) is 20.6 Å². The summed E-state index contributed by atoms with van der Waals surface area (Å²) in [4.78, 5) is 0. The smallest absolute Gasteiger partial charge is 0.244 e. The van der Waals surface area contributed by atoms with E-state index in [1.807, 2.05) is 19.2 Å². The van der Waals surface area contributed by atoms with Crippen molar-refractivity contribution in [2.45, 2.75) is 6.92 Å². The van der Waals surface area contributed by atoms with Gasteiger partial charge in [0.15, 0.2) is 5.49 Å². The number of nitrogens with zero attached hydrogens (tertiary/aromatic N) is 4. The summed E-state index contributed by atoms with van der Waals surface area (Å²) in [5.41, 5.74) is 9.58. The molecule has 0 amide bonds. The van der Waals surface area contributed by atoms with Gasteiger partial charge in [0.25, 0.3) is 0 Å². The molecule has 0 aliphatic carbocycles. The predicted molar refractivity (Wildman–Crippen MR) is 87.9 cm³/mol. The van der Waals surface area contributed by atoms with Crippen LogP contribution in [0.2, 0.25) is 0 Å². The largest absolute Gasteiger partial charge is 1.00 e. The Balaban J connectivity index is 0.00000312. The Morgan fingerprint density at radius 1 is 1.28 bits per heavy atom. The van der Waals surface area contributed by atoms with E-state index in [0.29, 0.717) is 23.1 Å². The molecule has 2 heterocycles. The first kappa shape index (κ1) is 20.3. The van der Waals surface area contributed by atoms with Crippen LogP contribution >= 0.6 is 0 Å². The second-order valence-corrected chi connectivity index (χ2v) is 4.96. The Morgan fingerprint density at radius 2 is 2.04 bits per heavy atom. The molecule has 1 atom stereocenters. The van der Waals surface area contributed by atoms with Gasteiger partial charge in [-0.15, -0.1) is 5.10 Å². The van der Waals surface area contributed by atoms with Gasteiger partial charge in [-0.3, -0.25) is 5.43 Å². The first-order valence-electron chi connectivity index (χ1n) is 7.28. The summed E-state index contributed by atoms with van der Waals surface area (Å²) in [7, 11) is 6.89. The van der Waals surface area contributed by atoms with E-state index in [2.05, 4.69) is 31.6 Å². The van der Waals surface area contributed by atoms with E-state index in [-0.39, 0.29) is 12.4 Å². The first-order chi connectivity index (χ1) is 11.5.